The highest BCUT2D eigenvalue weighted by molar-refractivity contribution is 5.98. The van der Waals surface area contributed by atoms with E-state index in [1.807, 2.05) is 30.3 Å². The fourth-order valence-electron chi connectivity index (χ4n) is 2.96. The Kier molecular flexibility index (Phi) is 3.81. The Bertz CT molecular complexity index is 886. The number of amides is 2. The van der Waals surface area contributed by atoms with Crippen LogP contribution in [0.1, 0.15) is 17.0 Å². The van der Waals surface area contributed by atoms with Crippen LogP contribution in [0, 0.1) is 0 Å². The van der Waals surface area contributed by atoms with Crippen LogP contribution in [0.5, 0.6) is 0 Å². The van der Waals surface area contributed by atoms with Gasteiger partial charge >= 0.3 is 0 Å². The molecule has 0 fully saturated rings. The maximum absolute atomic E-state index is 11.1. The monoisotopic (exact) mass is 304 g/mol. The molecule has 0 bridgehead atoms. The van der Waals surface area contributed by atoms with Gasteiger partial charge in [-0.25, -0.2) is 0 Å². The number of carbonyl (C=O) groups is 2. The second-order valence-electron chi connectivity index (χ2n) is 5.41. The first-order chi connectivity index (χ1) is 11.1. The van der Waals surface area contributed by atoms with E-state index in [0.717, 1.165) is 27.5 Å². The van der Waals surface area contributed by atoms with E-state index >= 15 is 0 Å². The molecule has 1 atom stereocenters. The van der Waals surface area contributed by atoms with Gasteiger partial charge in [0.1, 0.15) is 0 Å². The van der Waals surface area contributed by atoms with Crippen molar-refractivity contribution in [2.45, 2.75) is 5.92 Å². The van der Waals surface area contributed by atoms with Crippen molar-refractivity contribution < 1.29 is 9.59 Å². The van der Waals surface area contributed by atoms with Crippen LogP contribution < -0.4 is 11.5 Å². The standard InChI is InChI=1S/C19H16N2O2/c20-17(22)9-7-13-11-14-5-1-3-12-4-2-6-16(19(12)14)15(13)8-10-18(21)23/h1-11,15H,(H2,20,22)(H2,21,23). The third kappa shape index (κ3) is 2.92. The van der Waals surface area contributed by atoms with E-state index in [1.165, 1.54) is 12.2 Å². The van der Waals surface area contributed by atoms with Crippen molar-refractivity contribution in [2.75, 3.05) is 0 Å². The Balaban J connectivity index is 2.21. The van der Waals surface area contributed by atoms with Gasteiger partial charge in [0, 0.05) is 12.0 Å². The molecule has 1 aliphatic rings. The van der Waals surface area contributed by atoms with Gasteiger partial charge in [-0.05, 0) is 33.5 Å². The van der Waals surface area contributed by atoms with Crippen molar-refractivity contribution >= 4 is 28.7 Å². The summed E-state index contributed by atoms with van der Waals surface area (Å²) in [6, 6.07) is 12.1. The van der Waals surface area contributed by atoms with Gasteiger partial charge in [-0.3, -0.25) is 9.59 Å². The second kappa shape index (κ2) is 5.93. The van der Waals surface area contributed by atoms with Crippen LogP contribution in [0.3, 0.4) is 0 Å². The molecule has 2 aromatic rings. The molecule has 4 N–H and O–H groups in total. The van der Waals surface area contributed by atoms with Gasteiger partial charge < -0.3 is 11.5 Å². The molecule has 1 unspecified atom stereocenters. The van der Waals surface area contributed by atoms with Gasteiger partial charge in [-0.2, -0.15) is 0 Å². The minimum absolute atomic E-state index is 0.156. The van der Waals surface area contributed by atoms with Gasteiger partial charge in [0.2, 0.25) is 11.8 Å². The zero-order chi connectivity index (χ0) is 16.4. The molecule has 0 aliphatic heterocycles. The molecule has 0 saturated carbocycles. The lowest BCUT2D eigenvalue weighted by atomic mass is 9.80. The van der Waals surface area contributed by atoms with Crippen LogP contribution in [0.4, 0.5) is 0 Å². The summed E-state index contributed by atoms with van der Waals surface area (Å²) >= 11 is 0. The Morgan fingerprint density at radius 2 is 1.65 bits per heavy atom. The molecule has 1 aliphatic carbocycles. The van der Waals surface area contributed by atoms with Crippen molar-refractivity contribution in [3.63, 3.8) is 0 Å². The van der Waals surface area contributed by atoms with Gasteiger partial charge in [0.25, 0.3) is 0 Å². The summed E-state index contributed by atoms with van der Waals surface area (Å²) in [6.45, 7) is 0. The lowest BCUT2D eigenvalue weighted by Crippen LogP contribution is -2.10. The first-order valence-corrected chi connectivity index (χ1v) is 7.24. The molecule has 2 aromatic carbocycles. The number of rotatable bonds is 4. The van der Waals surface area contributed by atoms with E-state index in [9.17, 15) is 9.59 Å². The summed E-state index contributed by atoms with van der Waals surface area (Å²) in [7, 11) is 0. The number of hydrogen-bond donors (Lipinski definition) is 2. The first kappa shape index (κ1) is 14.8. The number of benzene rings is 2. The van der Waals surface area contributed by atoms with E-state index in [4.69, 9.17) is 11.5 Å². The van der Waals surface area contributed by atoms with Crippen molar-refractivity contribution in [3.8, 4) is 0 Å². The van der Waals surface area contributed by atoms with Crippen LogP contribution in [0.25, 0.3) is 16.8 Å². The van der Waals surface area contributed by atoms with Crippen LogP contribution in [-0.4, -0.2) is 11.8 Å². The maximum Gasteiger partial charge on any atom is 0.241 e. The van der Waals surface area contributed by atoms with Crippen molar-refractivity contribution in [2.24, 2.45) is 11.5 Å². The van der Waals surface area contributed by atoms with Crippen LogP contribution in [-0.2, 0) is 9.59 Å². The molecule has 0 heterocycles. The lowest BCUT2D eigenvalue weighted by Gasteiger charge is -2.23. The fraction of sp³-hybridized carbons (Fsp3) is 0.0526. The normalized spacial score (nSPS) is 16.9. The number of nitrogens with two attached hydrogens (primary N) is 2. The molecule has 3 rings (SSSR count). The van der Waals surface area contributed by atoms with E-state index in [-0.39, 0.29) is 5.92 Å². The van der Waals surface area contributed by atoms with Gasteiger partial charge in [0.15, 0.2) is 0 Å². The maximum atomic E-state index is 11.1. The second-order valence-corrected chi connectivity index (χ2v) is 5.41. The topological polar surface area (TPSA) is 86.2 Å². The Hall–Kier alpha value is -3.14. The van der Waals surface area contributed by atoms with Gasteiger partial charge in [-0.15, -0.1) is 0 Å². The van der Waals surface area contributed by atoms with E-state index < -0.39 is 11.8 Å². The third-order valence-corrected chi connectivity index (χ3v) is 3.88. The highest BCUT2D eigenvalue weighted by Crippen LogP contribution is 2.40. The predicted molar refractivity (Wildman–Crippen MR) is 91.3 cm³/mol. The van der Waals surface area contributed by atoms with E-state index in [0.29, 0.717) is 0 Å². The molecule has 114 valence electrons. The molecule has 0 saturated heterocycles. The molecule has 0 aromatic heterocycles. The molecule has 4 nitrogen and oxygen atoms in total. The quantitative estimate of drug-likeness (QED) is 0.850. The number of primary amides is 2. The number of allylic oxidation sites excluding steroid dienone is 3. The summed E-state index contributed by atoms with van der Waals surface area (Å²) in [5.74, 6) is -1.17. The van der Waals surface area contributed by atoms with Gasteiger partial charge in [0.05, 0.1) is 0 Å². The Morgan fingerprint density at radius 1 is 0.957 bits per heavy atom. The molecular formula is C19H16N2O2. The average Bonchev–Trinajstić information content (AvgIpc) is 2.52. The highest BCUT2D eigenvalue weighted by atomic mass is 16.1. The molecule has 23 heavy (non-hydrogen) atoms. The summed E-state index contributed by atoms with van der Waals surface area (Å²) in [5, 5.41) is 2.28. The average molecular weight is 304 g/mol. The number of carbonyl (C=O) groups excluding carboxylic acids is 2. The third-order valence-electron chi connectivity index (χ3n) is 3.88. The predicted octanol–water partition coefficient (Wildman–Crippen LogP) is 2.40. The summed E-state index contributed by atoms with van der Waals surface area (Å²) in [4.78, 5) is 22.2. The van der Waals surface area contributed by atoms with E-state index in [2.05, 4.69) is 12.1 Å². The largest absolute Gasteiger partial charge is 0.366 e. The zero-order valence-corrected chi connectivity index (χ0v) is 12.4. The highest BCUT2D eigenvalue weighted by Gasteiger charge is 2.21. The SMILES string of the molecule is NC(=O)C=CC1=Cc2cccc3cccc(c23)C1C=CC(N)=O. The van der Waals surface area contributed by atoms with Gasteiger partial charge in [-0.1, -0.05) is 54.6 Å². The molecular weight excluding hydrogens is 288 g/mol. The lowest BCUT2D eigenvalue weighted by molar-refractivity contribution is -0.114. The fourth-order valence-corrected chi connectivity index (χ4v) is 2.96. The first-order valence-electron chi connectivity index (χ1n) is 7.24. The minimum atomic E-state index is -0.513. The molecule has 2 amide bonds. The summed E-state index contributed by atoms with van der Waals surface area (Å²) in [5.41, 5.74) is 13.5. The van der Waals surface area contributed by atoms with E-state index in [1.54, 1.807) is 12.2 Å². The molecule has 0 spiro atoms. The smallest absolute Gasteiger partial charge is 0.241 e. The molecule has 0 radical (unpaired) electrons. The van der Waals surface area contributed by atoms with Crippen LogP contribution in [0.15, 0.2) is 66.3 Å². The van der Waals surface area contributed by atoms with Crippen molar-refractivity contribution in [3.05, 3.63) is 77.4 Å². The van der Waals surface area contributed by atoms with Crippen LogP contribution >= 0.6 is 0 Å². The minimum Gasteiger partial charge on any atom is -0.366 e. The van der Waals surface area contributed by atoms with Crippen molar-refractivity contribution in [1.82, 2.24) is 0 Å². The zero-order valence-electron chi connectivity index (χ0n) is 12.4. The summed E-state index contributed by atoms with van der Waals surface area (Å²) in [6.07, 6.45) is 8.12. The Labute approximate surface area is 133 Å². The Morgan fingerprint density at radius 3 is 2.35 bits per heavy atom. The van der Waals surface area contributed by atoms with Crippen LogP contribution in [0.2, 0.25) is 0 Å². The van der Waals surface area contributed by atoms with Crippen molar-refractivity contribution in [1.29, 1.82) is 0 Å². The summed E-state index contributed by atoms with van der Waals surface area (Å²) < 4.78 is 0. The number of hydrogen-bond acceptors (Lipinski definition) is 2. The molecule has 4 heteroatoms.